The van der Waals surface area contributed by atoms with Gasteiger partial charge in [-0.2, -0.15) is 13.2 Å². The molecular weight excluding hydrogens is 338 g/mol. The first-order valence-corrected chi connectivity index (χ1v) is 7.93. The van der Waals surface area contributed by atoms with Gasteiger partial charge in [0.05, 0.1) is 12.7 Å². The molecule has 134 valence electrons. The summed E-state index contributed by atoms with van der Waals surface area (Å²) in [5.74, 6) is -0.204. The third kappa shape index (κ3) is 4.66. The first-order valence-electron chi connectivity index (χ1n) is 7.93. The highest BCUT2D eigenvalue weighted by Gasteiger charge is 2.33. The minimum absolute atomic E-state index is 0.00658. The molecule has 1 saturated heterocycles. The molecule has 0 aliphatic carbocycles. The zero-order valence-corrected chi connectivity index (χ0v) is 13.3. The number of ether oxygens (including phenoxy) is 1. The summed E-state index contributed by atoms with van der Waals surface area (Å²) in [6.45, 7) is 1.43. The van der Waals surface area contributed by atoms with Crippen LogP contribution in [-0.2, 0) is 17.5 Å². The van der Waals surface area contributed by atoms with E-state index in [1.54, 1.807) is 17.0 Å². The summed E-state index contributed by atoms with van der Waals surface area (Å²) in [6, 6.07) is 6.96. The van der Waals surface area contributed by atoms with E-state index < -0.39 is 11.9 Å². The van der Waals surface area contributed by atoms with E-state index in [4.69, 9.17) is 4.74 Å². The standard InChI is InChI=1S/C17H17F4N3O/c18-13-3-1-12(2-4-13)11-25-14-6-9-24(10-7-14)16-22-8-5-15(23-16)17(19,20)21/h1-5,8,14H,6-7,9-11H2. The Bertz CT molecular complexity index is 698. The van der Waals surface area contributed by atoms with Gasteiger partial charge < -0.3 is 9.64 Å². The minimum Gasteiger partial charge on any atom is -0.373 e. The molecule has 0 saturated carbocycles. The van der Waals surface area contributed by atoms with Gasteiger partial charge in [-0.1, -0.05) is 12.1 Å². The van der Waals surface area contributed by atoms with Crippen molar-refractivity contribution in [3.8, 4) is 0 Å². The summed E-state index contributed by atoms with van der Waals surface area (Å²) in [5, 5.41) is 0. The zero-order valence-electron chi connectivity index (χ0n) is 13.3. The molecule has 1 aromatic heterocycles. The van der Waals surface area contributed by atoms with Crippen LogP contribution in [0.4, 0.5) is 23.5 Å². The lowest BCUT2D eigenvalue weighted by Gasteiger charge is -2.32. The number of rotatable bonds is 4. The number of nitrogens with zero attached hydrogens (tertiary/aromatic N) is 3. The average Bonchev–Trinajstić information content (AvgIpc) is 2.61. The fourth-order valence-electron chi connectivity index (χ4n) is 2.68. The van der Waals surface area contributed by atoms with E-state index in [-0.39, 0.29) is 17.9 Å². The predicted octanol–water partition coefficient (Wildman–Crippen LogP) is 3.82. The van der Waals surface area contributed by atoms with Crippen LogP contribution in [-0.4, -0.2) is 29.2 Å². The molecule has 0 amide bonds. The molecule has 1 aromatic carbocycles. The van der Waals surface area contributed by atoms with Crippen LogP contribution < -0.4 is 4.90 Å². The van der Waals surface area contributed by atoms with E-state index in [2.05, 4.69) is 9.97 Å². The predicted molar refractivity (Wildman–Crippen MR) is 83.5 cm³/mol. The van der Waals surface area contributed by atoms with Gasteiger partial charge in [0.15, 0.2) is 0 Å². The topological polar surface area (TPSA) is 38.2 Å². The summed E-state index contributed by atoms with van der Waals surface area (Å²) in [7, 11) is 0. The molecule has 0 N–H and O–H groups in total. The Morgan fingerprint density at radius 1 is 1.08 bits per heavy atom. The number of alkyl halides is 3. The van der Waals surface area contributed by atoms with Crippen molar-refractivity contribution in [2.24, 2.45) is 0 Å². The van der Waals surface area contributed by atoms with Crippen molar-refractivity contribution in [1.29, 1.82) is 0 Å². The Morgan fingerprint density at radius 2 is 1.76 bits per heavy atom. The molecule has 0 unspecified atom stereocenters. The first kappa shape index (κ1) is 17.6. The number of halogens is 4. The van der Waals surface area contributed by atoms with Crippen LogP contribution >= 0.6 is 0 Å². The molecule has 4 nitrogen and oxygen atoms in total. The summed E-state index contributed by atoms with van der Waals surface area (Å²) < 4.78 is 56.9. The summed E-state index contributed by atoms with van der Waals surface area (Å²) in [6.07, 6.45) is -2.01. The molecule has 1 fully saturated rings. The van der Waals surface area contributed by atoms with Gasteiger partial charge in [0.25, 0.3) is 0 Å². The van der Waals surface area contributed by atoms with Crippen LogP contribution in [0.25, 0.3) is 0 Å². The molecule has 1 aliphatic rings. The Labute approximate surface area is 142 Å². The second-order valence-corrected chi connectivity index (χ2v) is 5.86. The van der Waals surface area contributed by atoms with E-state index in [9.17, 15) is 17.6 Å². The smallest absolute Gasteiger partial charge is 0.373 e. The van der Waals surface area contributed by atoms with Gasteiger partial charge in [-0.25, -0.2) is 14.4 Å². The molecule has 0 atom stereocenters. The normalized spacial score (nSPS) is 16.2. The Kier molecular flexibility index (Phi) is 5.17. The van der Waals surface area contributed by atoms with Crippen LogP contribution in [0.15, 0.2) is 36.5 Å². The van der Waals surface area contributed by atoms with Crippen molar-refractivity contribution in [2.45, 2.75) is 31.7 Å². The molecule has 25 heavy (non-hydrogen) atoms. The van der Waals surface area contributed by atoms with Gasteiger partial charge in [0.2, 0.25) is 5.95 Å². The van der Waals surface area contributed by atoms with Gasteiger partial charge >= 0.3 is 6.18 Å². The van der Waals surface area contributed by atoms with Crippen LogP contribution in [0.5, 0.6) is 0 Å². The van der Waals surface area contributed by atoms with Crippen LogP contribution in [0.2, 0.25) is 0 Å². The van der Waals surface area contributed by atoms with Gasteiger partial charge in [0.1, 0.15) is 11.5 Å². The molecule has 0 spiro atoms. The quantitative estimate of drug-likeness (QED) is 0.782. The van der Waals surface area contributed by atoms with Crippen molar-refractivity contribution < 1.29 is 22.3 Å². The maximum Gasteiger partial charge on any atom is 0.433 e. The molecule has 0 radical (unpaired) electrons. The Hall–Kier alpha value is -2.22. The van der Waals surface area contributed by atoms with E-state index in [1.165, 1.54) is 12.1 Å². The van der Waals surface area contributed by atoms with Crippen molar-refractivity contribution in [1.82, 2.24) is 9.97 Å². The Balaban J connectivity index is 1.52. The first-order chi connectivity index (χ1) is 11.9. The maximum absolute atomic E-state index is 12.9. The van der Waals surface area contributed by atoms with Crippen molar-refractivity contribution >= 4 is 5.95 Å². The number of aromatic nitrogens is 2. The molecule has 2 heterocycles. The van der Waals surface area contributed by atoms with E-state index >= 15 is 0 Å². The number of hydrogen-bond donors (Lipinski definition) is 0. The van der Waals surface area contributed by atoms with Gasteiger partial charge in [-0.3, -0.25) is 0 Å². The van der Waals surface area contributed by atoms with Crippen molar-refractivity contribution in [3.05, 3.63) is 53.6 Å². The number of anilines is 1. The summed E-state index contributed by atoms with van der Waals surface area (Å²) in [5.41, 5.74) is -0.0581. The van der Waals surface area contributed by atoms with Crippen LogP contribution in [0, 0.1) is 5.82 Å². The zero-order chi connectivity index (χ0) is 17.9. The number of hydrogen-bond acceptors (Lipinski definition) is 4. The van der Waals surface area contributed by atoms with E-state index in [1.807, 2.05) is 0 Å². The largest absolute Gasteiger partial charge is 0.433 e. The van der Waals surface area contributed by atoms with Gasteiger partial charge in [0, 0.05) is 19.3 Å². The molecule has 0 bridgehead atoms. The summed E-state index contributed by atoms with van der Waals surface area (Å²) >= 11 is 0. The van der Waals surface area contributed by atoms with Gasteiger partial charge in [-0.05, 0) is 36.6 Å². The third-order valence-electron chi connectivity index (χ3n) is 4.06. The number of piperidine rings is 1. The highest BCUT2D eigenvalue weighted by Crippen LogP contribution is 2.28. The molecule has 1 aliphatic heterocycles. The summed E-state index contributed by atoms with van der Waals surface area (Å²) in [4.78, 5) is 9.28. The third-order valence-corrected chi connectivity index (χ3v) is 4.06. The maximum atomic E-state index is 12.9. The van der Waals surface area contributed by atoms with Crippen LogP contribution in [0.3, 0.4) is 0 Å². The molecule has 2 aromatic rings. The highest BCUT2D eigenvalue weighted by atomic mass is 19.4. The number of benzene rings is 1. The monoisotopic (exact) mass is 355 g/mol. The van der Waals surface area contributed by atoms with Crippen molar-refractivity contribution in [3.63, 3.8) is 0 Å². The lowest BCUT2D eigenvalue weighted by atomic mass is 10.1. The fraction of sp³-hybridized carbons (Fsp3) is 0.412. The lowest BCUT2D eigenvalue weighted by molar-refractivity contribution is -0.141. The van der Waals surface area contributed by atoms with E-state index in [0.717, 1.165) is 17.8 Å². The fourth-order valence-corrected chi connectivity index (χ4v) is 2.68. The average molecular weight is 355 g/mol. The molecular formula is C17H17F4N3O. The SMILES string of the molecule is Fc1ccc(COC2CCN(c3nccc(C(F)(F)F)n3)CC2)cc1. The van der Waals surface area contributed by atoms with E-state index in [0.29, 0.717) is 32.5 Å². The Morgan fingerprint density at radius 3 is 2.40 bits per heavy atom. The lowest BCUT2D eigenvalue weighted by Crippen LogP contribution is -2.38. The second-order valence-electron chi connectivity index (χ2n) is 5.86. The minimum atomic E-state index is -4.48. The van der Waals surface area contributed by atoms with Gasteiger partial charge in [-0.15, -0.1) is 0 Å². The van der Waals surface area contributed by atoms with Crippen LogP contribution in [0.1, 0.15) is 24.1 Å². The second kappa shape index (κ2) is 7.35. The highest BCUT2D eigenvalue weighted by molar-refractivity contribution is 5.31. The molecule has 8 heteroatoms. The molecule has 3 rings (SSSR count). The van der Waals surface area contributed by atoms with Crippen molar-refractivity contribution in [2.75, 3.05) is 18.0 Å².